The first-order chi connectivity index (χ1) is 28.8. The average molecular weight is 821 g/mol. The Kier molecular flexibility index (Phi) is 14.0. The van der Waals surface area contributed by atoms with Gasteiger partial charge >= 0.3 is 12.1 Å². The van der Waals surface area contributed by atoms with Crippen LogP contribution >= 0.6 is 0 Å². The van der Waals surface area contributed by atoms with Gasteiger partial charge in [0, 0.05) is 19.3 Å². The molecule has 7 rings (SSSR count). The second-order valence-electron chi connectivity index (χ2n) is 14.4. The van der Waals surface area contributed by atoms with Gasteiger partial charge < -0.3 is 31.1 Å². The summed E-state index contributed by atoms with van der Waals surface area (Å²) in [6, 6.07) is 30.9. The number of aryl methyl sites for hydroxylation is 1. The van der Waals surface area contributed by atoms with E-state index >= 15 is 0 Å². The van der Waals surface area contributed by atoms with Gasteiger partial charge in [-0.25, -0.2) is 4.79 Å². The van der Waals surface area contributed by atoms with Crippen molar-refractivity contribution >= 4 is 29.6 Å². The van der Waals surface area contributed by atoms with Gasteiger partial charge in [-0.3, -0.25) is 19.2 Å². The smallest absolute Gasteiger partial charge is 0.416 e. The summed E-state index contributed by atoms with van der Waals surface area (Å²) in [7, 11) is 0. The molecule has 0 spiro atoms. The van der Waals surface area contributed by atoms with Crippen molar-refractivity contribution in [3.63, 3.8) is 0 Å². The minimum absolute atomic E-state index is 0.0410. The Bertz CT molecular complexity index is 2270. The van der Waals surface area contributed by atoms with Crippen molar-refractivity contribution in [1.82, 2.24) is 21.3 Å². The van der Waals surface area contributed by atoms with Crippen LogP contribution in [0.3, 0.4) is 0 Å². The third-order valence-electron chi connectivity index (χ3n) is 10.1. The van der Waals surface area contributed by atoms with E-state index in [1.807, 2.05) is 72.8 Å². The molecule has 5 N–H and O–H groups in total. The van der Waals surface area contributed by atoms with Gasteiger partial charge in [-0.05, 0) is 64.4 Å². The van der Waals surface area contributed by atoms with Crippen molar-refractivity contribution < 1.29 is 47.0 Å². The number of hydrogen-bond acceptors (Lipinski definition) is 6. The summed E-state index contributed by atoms with van der Waals surface area (Å²) in [5.41, 5.74) is 2.48. The number of benzene rings is 5. The van der Waals surface area contributed by atoms with Crippen LogP contribution in [-0.4, -0.2) is 65.5 Å². The third kappa shape index (κ3) is 11.8. The van der Waals surface area contributed by atoms with E-state index in [4.69, 9.17) is 4.74 Å². The minimum Gasteiger partial charge on any atom is -0.484 e. The Morgan fingerprint density at radius 2 is 1.18 bits per heavy atom. The molecule has 0 aromatic heterocycles. The summed E-state index contributed by atoms with van der Waals surface area (Å²) in [6.07, 6.45) is -5.28. The minimum atomic E-state index is -4.77. The van der Waals surface area contributed by atoms with E-state index < -0.39 is 78.5 Å². The molecular formula is C46H43F3N4O7. The van der Waals surface area contributed by atoms with Crippen LogP contribution in [0.5, 0.6) is 5.75 Å². The first-order valence-electron chi connectivity index (χ1n) is 19.3. The molecule has 2 aliphatic heterocycles. The second kappa shape index (κ2) is 19.7. The summed E-state index contributed by atoms with van der Waals surface area (Å²) < 4.78 is 48.0. The highest BCUT2D eigenvalue weighted by atomic mass is 19.4. The molecule has 0 saturated heterocycles. The lowest BCUT2D eigenvalue weighted by molar-refractivity contribution is -0.142. The van der Waals surface area contributed by atoms with Crippen molar-refractivity contribution in [2.75, 3.05) is 6.61 Å². The molecule has 310 valence electrons. The molecule has 60 heavy (non-hydrogen) atoms. The van der Waals surface area contributed by atoms with Crippen LogP contribution in [0.15, 0.2) is 133 Å². The molecule has 2 aliphatic rings. The number of amides is 4. The molecule has 4 atom stereocenters. The predicted octanol–water partition coefficient (Wildman–Crippen LogP) is 5.45. The fourth-order valence-corrected chi connectivity index (χ4v) is 6.90. The Balaban J connectivity index is 1.37. The van der Waals surface area contributed by atoms with Crippen LogP contribution in [0.1, 0.15) is 34.2 Å². The highest BCUT2D eigenvalue weighted by molar-refractivity contribution is 5.95. The standard InChI is InChI=1S/C46H43F3N4O7/c47-46(48,49)36-14-8-7-13-34(36)27-39-44(57)52-38(25-30-15-20-33(21-16-30)32-11-5-2-6-12-32)43(56)51-37(24-19-29-9-3-1-4-10-29)42(55)53-40(45(58)59)26-31-17-22-35(23-18-31)60-28-41(54)50-39/h1-18,20-23,37-40H,19,24-28H2,(H,50,54)(H,51,56)(H,52,57)(H,53,55)(H,58,59)/t37-,38+,39-,40-/m0/s1. The van der Waals surface area contributed by atoms with Gasteiger partial charge in [0.15, 0.2) is 6.61 Å². The van der Waals surface area contributed by atoms with Gasteiger partial charge in [0.05, 0.1) is 5.56 Å². The number of carboxylic acid groups (broad SMARTS) is 1. The molecule has 5 aromatic carbocycles. The van der Waals surface area contributed by atoms with Gasteiger partial charge in [-0.15, -0.1) is 0 Å². The van der Waals surface area contributed by atoms with Crippen LogP contribution in [-0.2, 0) is 55.8 Å². The largest absolute Gasteiger partial charge is 0.484 e. The number of nitrogens with one attached hydrogen (secondary N) is 4. The molecule has 4 amide bonds. The van der Waals surface area contributed by atoms with Gasteiger partial charge in [0.25, 0.3) is 5.91 Å². The topological polar surface area (TPSA) is 163 Å². The molecule has 2 heterocycles. The fraction of sp³-hybridized carbons (Fsp3) is 0.239. The Morgan fingerprint density at radius 1 is 0.617 bits per heavy atom. The van der Waals surface area contributed by atoms with Crippen molar-refractivity contribution in [2.24, 2.45) is 0 Å². The average Bonchev–Trinajstić information content (AvgIpc) is 3.24. The SMILES string of the molecule is O=C1COc2ccc(cc2)C[C@@H](C(=O)O)NC(=O)[C@H](CCc2ccccc2)NC(=O)[C@@H](Cc2ccc(-c3ccccc3)cc2)NC(=O)[C@H](Cc2ccccc2C(F)(F)F)N1. The lowest BCUT2D eigenvalue weighted by Crippen LogP contribution is -2.59. The number of carbonyl (C=O) groups is 5. The number of fused-ring (bicyclic) bond motifs is 16. The van der Waals surface area contributed by atoms with E-state index in [0.29, 0.717) is 17.5 Å². The fourth-order valence-electron chi connectivity index (χ4n) is 6.90. The van der Waals surface area contributed by atoms with E-state index in [9.17, 15) is 42.3 Å². The number of alkyl halides is 3. The predicted molar refractivity (Wildman–Crippen MR) is 216 cm³/mol. The number of hydrogen-bond donors (Lipinski definition) is 5. The maximum Gasteiger partial charge on any atom is 0.416 e. The maximum absolute atomic E-state index is 14.4. The lowest BCUT2D eigenvalue weighted by atomic mass is 9.97. The summed E-state index contributed by atoms with van der Waals surface area (Å²) in [5, 5.41) is 20.5. The molecule has 5 aromatic rings. The number of halogens is 3. The van der Waals surface area contributed by atoms with Crippen LogP contribution in [0.2, 0.25) is 0 Å². The first kappa shape index (κ1) is 42.6. The molecule has 14 heteroatoms. The van der Waals surface area contributed by atoms with Crippen LogP contribution in [0.4, 0.5) is 13.2 Å². The molecule has 0 fully saturated rings. The van der Waals surface area contributed by atoms with Gasteiger partial charge in [0.2, 0.25) is 17.7 Å². The Morgan fingerprint density at radius 3 is 1.83 bits per heavy atom. The van der Waals surface area contributed by atoms with Gasteiger partial charge in [-0.1, -0.05) is 115 Å². The number of carbonyl (C=O) groups excluding carboxylic acids is 4. The molecule has 0 unspecified atom stereocenters. The summed E-state index contributed by atoms with van der Waals surface area (Å²) in [5.74, 6) is -4.52. The number of carboxylic acids is 1. The zero-order valence-electron chi connectivity index (χ0n) is 32.3. The quantitative estimate of drug-likeness (QED) is 0.124. The summed E-state index contributed by atoms with van der Waals surface area (Å²) >= 11 is 0. The highest BCUT2D eigenvalue weighted by Crippen LogP contribution is 2.32. The molecule has 2 bridgehead atoms. The monoisotopic (exact) mass is 820 g/mol. The highest BCUT2D eigenvalue weighted by Gasteiger charge is 2.36. The molecular weight excluding hydrogens is 778 g/mol. The lowest BCUT2D eigenvalue weighted by Gasteiger charge is -2.27. The van der Waals surface area contributed by atoms with Crippen molar-refractivity contribution in [2.45, 2.75) is 62.4 Å². The molecule has 0 saturated carbocycles. The Hall–Kier alpha value is -6.96. The molecule has 0 radical (unpaired) electrons. The first-order valence-corrected chi connectivity index (χ1v) is 19.3. The molecule has 0 aliphatic carbocycles. The van der Waals surface area contributed by atoms with Crippen molar-refractivity contribution in [3.05, 3.63) is 161 Å². The van der Waals surface area contributed by atoms with E-state index in [1.165, 1.54) is 30.3 Å². The van der Waals surface area contributed by atoms with E-state index in [-0.39, 0.29) is 30.6 Å². The van der Waals surface area contributed by atoms with Crippen LogP contribution in [0, 0.1) is 0 Å². The number of ether oxygens (including phenoxy) is 1. The summed E-state index contributed by atoms with van der Waals surface area (Å²) in [6.45, 7) is -0.626. The normalized spacial score (nSPS) is 19.3. The van der Waals surface area contributed by atoms with Crippen molar-refractivity contribution in [3.8, 4) is 16.9 Å². The van der Waals surface area contributed by atoms with E-state index in [1.54, 1.807) is 24.3 Å². The maximum atomic E-state index is 14.4. The summed E-state index contributed by atoms with van der Waals surface area (Å²) in [4.78, 5) is 68.3. The third-order valence-corrected chi connectivity index (χ3v) is 10.1. The zero-order valence-corrected chi connectivity index (χ0v) is 32.3. The van der Waals surface area contributed by atoms with E-state index in [0.717, 1.165) is 22.8 Å². The van der Waals surface area contributed by atoms with Crippen LogP contribution in [0.25, 0.3) is 11.1 Å². The van der Waals surface area contributed by atoms with Gasteiger partial charge in [-0.2, -0.15) is 13.2 Å². The molecule has 11 nitrogen and oxygen atoms in total. The van der Waals surface area contributed by atoms with Crippen LogP contribution < -0.4 is 26.0 Å². The zero-order chi connectivity index (χ0) is 42.6. The number of aliphatic carboxylic acids is 1. The van der Waals surface area contributed by atoms with Crippen molar-refractivity contribution in [1.29, 1.82) is 0 Å². The number of rotatable bonds is 9. The Labute approximate surface area is 344 Å². The second-order valence-corrected chi connectivity index (χ2v) is 14.4. The van der Waals surface area contributed by atoms with E-state index in [2.05, 4.69) is 21.3 Å². The van der Waals surface area contributed by atoms with Gasteiger partial charge in [0.1, 0.15) is 29.9 Å².